The summed E-state index contributed by atoms with van der Waals surface area (Å²) in [5, 5.41) is 2.78. The zero-order valence-corrected chi connectivity index (χ0v) is 18.5. The van der Waals surface area contributed by atoms with Gasteiger partial charge in [-0.1, -0.05) is 30.3 Å². The van der Waals surface area contributed by atoms with E-state index < -0.39 is 23.2 Å². The molecule has 31 heavy (non-hydrogen) atoms. The van der Waals surface area contributed by atoms with Crippen LogP contribution in [0.5, 0.6) is 11.5 Å². The number of para-hydroxylation sites is 1. The smallest absolute Gasteiger partial charge is 0.408 e. The number of aryl methyl sites for hydroxylation is 1. The fourth-order valence-electron chi connectivity index (χ4n) is 3.80. The summed E-state index contributed by atoms with van der Waals surface area (Å²) in [7, 11) is 1.32. The third-order valence-electron chi connectivity index (χ3n) is 5.26. The third-order valence-corrected chi connectivity index (χ3v) is 5.26. The van der Waals surface area contributed by atoms with Crippen LogP contribution in [-0.2, 0) is 33.7 Å². The number of rotatable bonds is 5. The minimum Gasteiger partial charge on any atom is -0.467 e. The molecule has 0 saturated heterocycles. The number of carbonyl (C=O) groups excluding carboxylic acids is 2. The van der Waals surface area contributed by atoms with E-state index in [1.807, 2.05) is 42.5 Å². The Morgan fingerprint density at radius 1 is 1.10 bits per heavy atom. The Morgan fingerprint density at radius 3 is 2.48 bits per heavy atom. The molecular formula is C24H30N2O5. The monoisotopic (exact) mass is 426 g/mol. The van der Waals surface area contributed by atoms with Crippen molar-refractivity contribution in [1.82, 2.24) is 5.32 Å². The summed E-state index contributed by atoms with van der Waals surface area (Å²) in [5.41, 5.74) is 6.71. The summed E-state index contributed by atoms with van der Waals surface area (Å²) in [5.74, 6) is 0.770. The summed E-state index contributed by atoms with van der Waals surface area (Å²) < 4.78 is 16.7. The van der Waals surface area contributed by atoms with Gasteiger partial charge in [-0.15, -0.1) is 0 Å². The Balaban J connectivity index is 1.95. The van der Waals surface area contributed by atoms with Crippen LogP contribution < -0.4 is 15.8 Å². The highest BCUT2D eigenvalue weighted by atomic mass is 16.6. The number of hydrogen-bond donors (Lipinski definition) is 2. The second kappa shape index (κ2) is 8.98. The number of alkyl carbamates (subject to hydrolysis) is 1. The third kappa shape index (κ3) is 5.17. The van der Waals surface area contributed by atoms with Crippen molar-refractivity contribution in [2.75, 3.05) is 7.11 Å². The Kier molecular flexibility index (Phi) is 6.55. The average molecular weight is 427 g/mol. The van der Waals surface area contributed by atoms with Gasteiger partial charge in [0.1, 0.15) is 22.6 Å². The van der Waals surface area contributed by atoms with Crippen molar-refractivity contribution in [3.8, 4) is 11.5 Å². The van der Waals surface area contributed by atoms with E-state index in [1.54, 1.807) is 20.8 Å². The first kappa shape index (κ1) is 22.6. The minimum atomic E-state index is -1.24. The van der Waals surface area contributed by atoms with Gasteiger partial charge in [-0.05, 0) is 51.3 Å². The van der Waals surface area contributed by atoms with Crippen LogP contribution in [0.25, 0.3) is 0 Å². The second-order valence-corrected chi connectivity index (χ2v) is 8.69. The predicted molar refractivity (Wildman–Crippen MR) is 117 cm³/mol. The molecule has 0 fully saturated rings. The normalized spacial score (nSPS) is 18.0. The van der Waals surface area contributed by atoms with Gasteiger partial charge in [-0.25, -0.2) is 9.59 Å². The highest BCUT2D eigenvalue weighted by Gasteiger charge is 2.45. The van der Waals surface area contributed by atoms with Crippen LogP contribution in [0.4, 0.5) is 4.79 Å². The highest BCUT2D eigenvalue weighted by molar-refractivity contribution is 5.87. The first-order valence-corrected chi connectivity index (χ1v) is 10.3. The van der Waals surface area contributed by atoms with E-state index in [4.69, 9.17) is 19.9 Å². The molecule has 0 spiro atoms. The van der Waals surface area contributed by atoms with Gasteiger partial charge < -0.3 is 25.3 Å². The number of benzene rings is 2. The van der Waals surface area contributed by atoms with Gasteiger partial charge in [0.15, 0.2) is 0 Å². The van der Waals surface area contributed by atoms with Crippen molar-refractivity contribution in [3.05, 3.63) is 59.2 Å². The number of amides is 1. The molecule has 1 atom stereocenters. The molecule has 0 saturated carbocycles. The summed E-state index contributed by atoms with van der Waals surface area (Å²) in [6.07, 6.45) is 0.549. The van der Waals surface area contributed by atoms with Gasteiger partial charge in [0.25, 0.3) is 0 Å². The van der Waals surface area contributed by atoms with Crippen LogP contribution in [0.2, 0.25) is 0 Å². The van der Waals surface area contributed by atoms with E-state index in [0.717, 1.165) is 16.7 Å². The molecule has 2 aromatic carbocycles. The Labute approximate surface area is 182 Å². The van der Waals surface area contributed by atoms with E-state index in [9.17, 15) is 9.59 Å². The molecular weight excluding hydrogens is 396 g/mol. The zero-order valence-electron chi connectivity index (χ0n) is 18.5. The molecule has 0 radical (unpaired) electrons. The lowest BCUT2D eigenvalue weighted by Gasteiger charge is -2.37. The summed E-state index contributed by atoms with van der Waals surface area (Å²) in [6, 6.07) is 13.3. The van der Waals surface area contributed by atoms with E-state index in [2.05, 4.69) is 5.32 Å². The topological polar surface area (TPSA) is 99.9 Å². The molecule has 166 valence electrons. The molecule has 3 N–H and O–H groups in total. The van der Waals surface area contributed by atoms with Crippen molar-refractivity contribution < 1.29 is 23.8 Å². The Bertz CT molecular complexity index is 967. The second-order valence-electron chi connectivity index (χ2n) is 8.69. The zero-order chi connectivity index (χ0) is 22.6. The van der Waals surface area contributed by atoms with E-state index in [0.29, 0.717) is 30.9 Å². The maximum atomic E-state index is 12.8. The lowest BCUT2D eigenvalue weighted by molar-refractivity contribution is -0.149. The lowest BCUT2D eigenvalue weighted by atomic mass is 9.77. The number of carbonyl (C=O) groups is 2. The van der Waals surface area contributed by atoms with Gasteiger partial charge in [0.2, 0.25) is 0 Å². The van der Waals surface area contributed by atoms with Crippen LogP contribution in [0.15, 0.2) is 42.5 Å². The van der Waals surface area contributed by atoms with E-state index in [1.165, 1.54) is 7.11 Å². The molecule has 7 nitrogen and oxygen atoms in total. The van der Waals surface area contributed by atoms with Gasteiger partial charge in [0.05, 0.1) is 7.11 Å². The van der Waals surface area contributed by atoms with Crippen LogP contribution in [0.3, 0.4) is 0 Å². The fourth-order valence-corrected chi connectivity index (χ4v) is 3.80. The molecule has 3 rings (SSSR count). The van der Waals surface area contributed by atoms with Gasteiger partial charge >= 0.3 is 12.1 Å². The molecule has 2 aromatic rings. The largest absolute Gasteiger partial charge is 0.467 e. The number of nitrogens with one attached hydrogen (secondary N) is 1. The van der Waals surface area contributed by atoms with Crippen LogP contribution in [0, 0.1) is 0 Å². The molecule has 0 heterocycles. The lowest BCUT2D eigenvalue weighted by Crippen LogP contribution is -2.59. The molecule has 0 aliphatic heterocycles. The van der Waals surface area contributed by atoms with Crippen molar-refractivity contribution in [3.63, 3.8) is 0 Å². The van der Waals surface area contributed by atoms with Crippen LogP contribution in [0.1, 0.15) is 43.9 Å². The van der Waals surface area contributed by atoms with Gasteiger partial charge in [0, 0.05) is 24.1 Å². The molecule has 0 unspecified atom stereocenters. The number of ether oxygens (including phenoxy) is 3. The van der Waals surface area contributed by atoms with E-state index in [-0.39, 0.29) is 6.42 Å². The number of esters is 1. The first-order chi connectivity index (χ1) is 14.7. The van der Waals surface area contributed by atoms with Crippen molar-refractivity contribution in [2.24, 2.45) is 5.73 Å². The van der Waals surface area contributed by atoms with Crippen LogP contribution in [-0.4, -0.2) is 30.3 Å². The van der Waals surface area contributed by atoms with Crippen LogP contribution >= 0.6 is 0 Å². The molecule has 0 aromatic heterocycles. The Morgan fingerprint density at radius 2 is 1.81 bits per heavy atom. The van der Waals surface area contributed by atoms with Crippen molar-refractivity contribution in [1.29, 1.82) is 0 Å². The fraction of sp³-hybridized carbons (Fsp3) is 0.417. The van der Waals surface area contributed by atoms with Gasteiger partial charge in [-0.3, -0.25) is 0 Å². The maximum absolute atomic E-state index is 12.8. The SMILES string of the molecule is COC(=O)[C@@]1(NC(=O)OC(C)(C)C)CCc2cccc(Oc3ccccc3CN)c2C1. The number of methoxy groups -OCH3 is 1. The predicted octanol–water partition coefficient (Wildman–Crippen LogP) is 3.86. The van der Waals surface area contributed by atoms with Crippen molar-refractivity contribution >= 4 is 12.1 Å². The summed E-state index contributed by atoms with van der Waals surface area (Å²) >= 11 is 0. The summed E-state index contributed by atoms with van der Waals surface area (Å²) in [4.78, 5) is 25.4. The molecule has 1 aliphatic rings. The quantitative estimate of drug-likeness (QED) is 0.704. The standard InChI is InChI=1S/C24H30N2O5/c1-23(2,3)31-22(28)26-24(21(27)29-4)13-12-16-9-7-11-20(18(16)14-24)30-19-10-6-5-8-17(19)15-25/h5-11H,12-15,25H2,1-4H3,(H,26,28)/t24-/m1/s1. The maximum Gasteiger partial charge on any atom is 0.408 e. The average Bonchev–Trinajstić information content (AvgIpc) is 2.72. The minimum absolute atomic E-state index is 0.231. The number of fused-ring (bicyclic) bond motifs is 1. The Hall–Kier alpha value is -3.06. The molecule has 1 amide bonds. The first-order valence-electron chi connectivity index (χ1n) is 10.3. The summed E-state index contributed by atoms with van der Waals surface area (Å²) in [6.45, 7) is 5.66. The highest BCUT2D eigenvalue weighted by Crippen LogP contribution is 2.38. The van der Waals surface area contributed by atoms with Crippen molar-refractivity contribution in [2.45, 2.75) is 57.7 Å². The van der Waals surface area contributed by atoms with E-state index >= 15 is 0 Å². The number of hydrogen-bond acceptors (Lipinski definition) is 6. The molecule has 7 heteroatoms. The van der Waals surface area contributed by atoms with Gasteiger partial charge in [-0.2, -0.15) is 0 Å². The number of nitrogens with two attached hydrogens (primary N) is 1. The molecule has 1 aliphatic carbocycles. The molecule has 0 bridgehead atoms.